The van der Waals surface area contributed by atoms with Crippen LogP contribution in [0.3, 0.4) is 0 Å². The molecule has 1 heterocycles. The van der Waals surface area contributed by atoms with Crippen LogP contribution in [0.15, 0.2) is 72.8 Å². The van der Waals surface area contributed by atoms with Gasteiger partial charge >= 0.3 is 0 Å². The molecule has 1 fully saturated rings. The van der Waals surface area contributed by atoms with Crippen LogP contribution in [0.25, 0.3) is 0 Å². The highest BCUT2D eigenvalue weighted by atomic mass is 16.5. The molecule has 38 heavy (non-hydrogen) atoms. The third-order valence-electron chi connectivity index (χ3n) is 6.09. The van der Waals surface area contributed by atoms with Crippen molar-refractivity contribution < 1.29 is 28.6 Å². The fraction of sp³-hybridized carbons (Fsp3) is 0.276. The molecule has 3 aromatic carbocycles. The van der Waals surface area contributed by atoms with Gasteiger partial charge in [-0.15, -0.1) is 0 Å². The molecular weight excluding hydrogens is 486 g/mol. The van der Waals surface area contributed by atoms with Crippen LogP contribution in [0.2, 0.25) is 0 Å². The van der Waals surface area contributed by atoms with Crippen molar-refractivity contribution in [1.82, 2.24) is 5.32 Å². The summed E-state index contributed by atoms with van der Waals surface area (Å²) >= 11 is 0. The van der Waals surface area contributed by atoms with Gasteiger partial charge in [0.05, 0.1) is 19.6 Å². The quantitative estimate of drug-likeness (QED) is 0.401. The van der Waals surface area contributed by atoms with E-state index in [1.807, 2.05) is 31.2 Å². The van der Waals surface area contributed by atoms with Crippen molar-refractivity contribution in [2.24, 2.45) is 5.92 Å². The summed E-state index contributed by atoms with van der Waals surface area (Å²) in [7, 11) is 1.60. The lowest BCUT2D eigenvalue weighted by Crippen LogP contribution is -2.32. The fourth-order valence-corrected chi connectivity index (χ4v) is 4.08. The zero-order valence-corrected chi connectivity index (χ0v) is 21.4. The molecule has 9 nitrogen and oxygen atoms in total. The summed E-state index contributed by atoms with van der Waals surface area (Å²) in [4.78, 5) is 39.1. The molecule has 0 unspecified atom stereocenters. The average Bonchev–Trinajstić information content (AvgIpc) is 3.34. The molecule has 0 bridgehead atoms. The number of hydrogen-bond donors (Lipinski definition) is 2. The minimum Gasteiger partial charge on any atom is -0.497 e. The summed E-state index contributed by atoms with van der Waals surface area (Å²) in [6, 6.07) is 21.4. The number of nitrogens with zero attached hydrogens (tertiary/aromatic N) is 1. The minimum absolute atomic E-state index is 0.113. The van der Waals surface area contributed by atoms with Crippen LogP contribution in [0.5, 0.6) is 17.2 Å². The molecule has 1 atom stereocenters. The smallest absolute Gasteiger partial charge is 0.262 e. The molecule has 0 aliphatic carbocycles. The maximum Gasteiger partial charge on any atom is 0.262 e. The predicted molar refractivity (Wildman–Crippen MR) is 143 cm³/mol. The number of ether oxygens (including phenoxy) is 3. The molecule has 0 spiro atoms. The lowest BCUT2D eigenvalue weighted by atomic mass is 10.1. The van der Waals surface area contributed by atoms with Gasteiger partial charge in [-0.1, -0.05) is 12.1 Å². The van der Waals surface area contributed by atoms with Crippen LogP contribution in [0.1, 0.15) is 18.9 Å². The highest BCUT2D eigenvalue weighted by molar-refractivity contribution is 6.00. The maximum absolute atomic E-state index is 12.7. The van der Waals surface area contributed by atoms with E-state index in [4.69, 9.17) is 14.2 Å². The normalized spacial score (nSPS) is 14.6. The molecule has 2 N–H and O–H groups in total. The average molecular weight is 518 g/mol. The zero-order chi connectivity index (χ0) is 26.9. The first-order chi connectivity index (χ1) is 18.4. The Hall–Kier alpha value is -4.53. The van der Waals surface area contributed by atoms with Crippen molar-refractivity contribution in [2.45, 2.75) is 19.9 Å². The van der Waals surface area contributed by atoms with Gasteiger partial charge in [-0.25, -0.2) is 0 Å². The minimum atomic E-state index is -0.428. The van der Waals surface area contributed by atoms with E-state index in [2.05, 4.69) is 10.6 Å². The first kappa shape index (κ1) is 26.5. The van der Waals surface area contributed by atoms with E-state index < -0.39 is 5.92 Å². The van der Waals surface area contributed by atoms with Crippen molar-refractivity contribution in [1.29, 1.82) is 0 Å². The number of carbonyl (C=O) groups excluding carboxylic acids is 3. The van der Waals surface area contributed by atoms with E-state index in [-0.39, 0.29) is 30.7 Å². The van der Waals surface area contributed by atoms with Gasteiger partial charge < -0.3 is 29.7 Å². The number of methoxy groups -OCH3 is 1. The molecule has 0 saturated carbocycles. The van der Waals surface area contributed by atoms with Gasteiger partial charge in [-0.3, -0.25) is 14.4 Å². The highest BCUT2D eigenvalue weighted by Crippen LogP contribution is 2.27. The zero-order valence-electron chi connectivity index (χ0n) is 21.4. The third-order valence-corrected chi connectivity index (χ3v) is 6.09. The van der Waals surface area contributed by atoms with Crippen LogP contribution >= 0.6 is 0 Å². The number of benzene rings is 3. The second-order valence-electron chi connectivity index (χ2n) is 8.76. The van der Waals surface area contributed by atoms with Gasteiger partial charge in [0.25, 0.3) is 5.91 Å². The maximum atomic E-state index is 12.7. The second kappa shape index (κ2) is 12.6. The van der Waals surface area contributed by atoms with Gasteiger partial charge in [-0.05, 0) is 73.2 Å². The van der Waals surface area contributed by atoms with Crippen LogP contribution in [-0.4, -0.2) is 44.6 Å². The molecule has 9 heteroatoms. The van der Waals surface area contributed by atoms with Crippen molar-refractivity contribution in [3.8, 4) is 17.2 Å². The number of carbonyl (C=O) groups is 3. The molecule has 3 amide bonds. The van der Waals surface area contributed by atoms with Gasteiger partial charge in [0, 0.05) is 30.9 Å². The Morgan fingerprint density at radius 2 is 1.53 bits per heavy atom. The van der Waals surface area contributed by atoms with Gasteiger partial charge in [-0.2, -0.15) is 0 Å². The lowest BCUT2D eigenvalue weighted by Gasteiger charge is -2.17. The van der Waals surface area contributed by atoms with E-state index in [0.29, 0.717) is 36.8 Å². The third kappa shape index (κ3) is 7.03. The van der Waals surface area contributed by atoms with E-state index in [1.165, 1.54) is 0 Å². The molecule has 198 valence electrons. The molecular formula is C29H31N3O6. The highest BCUT2D eigenvalue weighted by Gasteiger charge is 2.35. The van der Waals surface area contributed by atoms with E-state index >= 15 is 0 Å². The molecule has 1 aliphatic rings. The summed E-state index contributed by atoms with van der Waals surface area (Å²) < 4.78 is 16.1. The Labute approximate surface area is 221 Å². The predicted octanol–water partition coefficient (Wildman–Crippen LogP) is 3.78. The van der Waals surface area contributed by atoms with E-state index in [0.717, 1.165) is 17.1 Å². The number of hydrogen-bond acceptors (Lipinski definition) is 6. The van der Waals surface area contributed by atoms with Crippen LogP contribution in [0.4, 0.5) is 11.4 Å². The molecule has 1 saturated heterocycles. The molecule has 4 rings (SSSR count). The number of amides is 3. The Morgan fingerprint density at radius 3 is 2.18 bits per heavy atom. The van der Waals surface area contributed by atoms with Gasteiger partial charge in [0.15, 0.2) is 6.61 Å². The summed E-state index contributed by atoms with van der Waals surface area (Å²) in [5.41, 5.74) is 2.27. The first-order valence-corrected chi connectivity index (χ1v) is 12.4. The molecule has 0 aromatic heterocycles. The van der Waals surface area contributed by atoms with E-state index in [9.17, 15) is 14.4 Å². The number of nitrogens with one attached hydrogen (secondary N) is 2. The molecule has 0 radical (unpaired) electrons. The second-order valence-corrected chi connectivity index (χ2v) is 8.76. The summed E-state index contributed by atoms with van der Waals surface area (Å²) in [6.45, 7) is 3.01. The monoisotopic (exact) mass is 517 g/mol. The molecule has 1 aliphatic heterocycles. The lowest BCUT2D eigenvalue weighted by molar-refractivity contribution is -0.126. The van der Waals surface area contributed by atoms with Crippen molar-refractivity contribution in [3.63, 3.8) is 0 Å². The summed E-state index contributed by atoms with van der Waals surface area (Å²) in [5.74, 6) is 0.989. The summed E-state index contributed by atoms with van der Waals surface area (Å²) in [6.07, 6.45) is 0.151. The number of anilines is 2. The van der Waals surface area contributed by atoms with Gasteiger partial charge in [0.2, 0.25) is 11.8 Å². The van der Waals surface area contributed by atoms with Crippen LogP contribution < -0.4 is 29.7 Å². The van der Waals surface area contributed by atoms with Crippen molar-refractivity contribution in [2.75, 3.05) is 37.1 Å². The number of rotatable bonds is 11. The van der Waals surface area contributed by atoms with Crippen molar-refractivity contribution >= 4 is 29.1 Å². The van der Waals surface area contributed by atoms with Gasteiger partial charge in [0.1, 0.15) is 17.2 Å². The Bertz CT molecular complexity index is 1240. The van der Waals surface area contributed by atoms with Crippen LogP contribution in [-0.2, 0) is 20.9 Å². The van der Waals surface area contributed by atoms with Crippen LogP contribution in [0, 0.1) is 5.92 Å². The largest absolute Gasteiger partial charge is 0.497 e. The Balaban J connectivity index is 1.24. The van der Waals surface area contributed by atoms with Crippen molar-refractivity contribution in [3.05, 3.63) is 78.4 Å². The standard InChI is InChI=1S/C29H31N3O6/c1-3-37-25-12-6-22(7-13-25)31-27(33)19-38-26-14-8-23(9-15-26)32-18-21(16-28(32)34)29(35)30-17-20-4-10-24(36-2)11-5-20/h4-15,21H,3,16-19H2,1-2H3,(H,30,35)(H,31,33)/t21-/m1/s1. The Morgan fingerprint density at radius 1 is 0.895 bits per heavy atom. The topological polar surface area (TPSA) is 106 Å². The molecule has 3 aromatic rings. The summed E-state index contributed by atoms with van der Waals surface area (Å²) in [5, 5.41) is 5.68. The van der Waals surface area contributed by atoms with E-state index in [1.54, 1.807) is 60.5 Å². The SMILES string of the molecule is CCOc1ccc(NC(=O)COc2ccc(N3C[C@H](C(=O)NCc4ccc(OC)cc4)CC3=O)cc2)cc1. The fourth-order valence-electron chi connectivity index (χ4n) is 4.08. The Kier molecular flexibility index (Phi) is 8.81. The first-order valence-electron chi connectivity index (χ1n) is 12.4.